The van der Waals surface area contributed by atoms with Crippen LogP contribution in [0.4, 0.5) is 0 Å². The van der Waals surface area contributed by atoms with Gasteiger partial charge in [0.05, 0.1) is 0 Å². The molecule has 36 heavy (non-hydrogen) atoms. The maximum absolute atomic E-state index is 11.9. The fraction of sp³-hybridized carbons (Fsp3) is 0.941. The molecule has 2 nitrogen and oxygen atoms in total. The molecule has 0 atom stereocenters. The highest BCUT2D eigenvalue weighted by Gasteiger charge is 2.06. The average molecular weight is 507 g/mol. The zero-order chi connectivity index (χ0) is 26.4. The van der Waals surface area contributed by atoms with E-state index >= 15 is 0 Å². The molecule has 0 aromatic heterocycles. The van der Waals surface area contributed by atoms with Crippen LogP contribution >= 0.6 is 0 Å². The molecular weight excluding hydrogens is 438 g/mol. The monoisotopic (exact) mass is 507 g/mol. The van der Waals surface area contributed by atoms with Crippen LogP contribution in [0.15, 0.2) is 11.3 Å². The lowest BCUT2D eigenvalue weighted by molar-refractivity contribution is 0.532. The van der Waals surface area contributed by atoms with E-state index in [0.717, 1.165) is 25.0 Å². The maximum Gasteiger partial charge on any atom is -0.000845 e. The quantitative estimate of drug-likeness (QED) is 0.0776. The Morgan fingerprint density at radius 3 is 0.889 bits per heavy atom. The van der Waals surface area contributed by atoms with Gasteiger partial charge >= 0.3 is 0 Å². The van der Waals surface area contributed by atoms with Crippen LogP contribution in [0.2, 0.25) is 0 Å². The second-order valence-corrected chi connectivity index (χ2v) is 11.6. The van der Waals surface area contributed by atoms with Gasteiger partial charge in [-0.2, -0.15) is 0 Å². The summed E-state index contributed by atoms with van der Waals surface area (Å²) in [7, 11) is 0. The minimum Gasteiger partial charge on any atom is -0.761 e. The highest BCUT2D eigenvalue weighted by molar-refractivity contribution is 5.13. The fourth-order valence-electron chi connectivity index (χ4n) is 5.46. The minimum atomic E-state index is 0.972. The minimum absolute atomic E-state index is 0.972. The Bertz CT molecular complexity index is 444. The van der Waals surface area contributed by atoms with Gasteiger partial charge in [-0.05, 0) is 44.2 Å². The van der Waals surface area contributed by atoms with E-state index in [1.54, 1.807) is 0 Å². The molecule has 0 aliphatic carbocycles. The van der Waals surface area contributed by atoms with E-state index in [0.29, 0.717) is 0 Å². The molecule has 0 aliphatic heterocycles. The van der Waals surface area contributed by atoms with Crippen LogP contribution in [0.25, 0.3) is 0 Å². The summed E-state index contributed by atoms with van der Waals surface area (Å²) < 4.78 is 0. The fourth-order valence-corrected chi connectivity index (χ4v) is 5.46. The first-order valence-corrected chi connectivity index (χ1v) is 16.9. The van der Waals surface area contributed by atoms with Crippen molar-refractivity contribution in [2.45, 2.75) is 207 Å². The topological polar surface area (TPSA) is 35.1 Å². The molecule has 0 saturated heterocycles. The smallest absolute Gasteiger partial charge is 0.000845 e. The summed E-state index contributed by atoms with van der Waals surface area (Å²) in [4.78, 5) is 0. The van der Waals surface area contributed by atoms with E-state index in [1.807, 2.05) is 0 Å². The number of hydrogen-bond acceptors (Lipinski definition) is 2. The maximum atomic E-state index is 11.9. The van der Waals surface area contributed by atoms with E-state index in [2.05, 4.69) is 26.3 Å². The molecule has 0 amide bonds. The van der Waals surface area contributed by atoms with Gasteiger partial charge in [0.25, 0.3) is 0 Å². The summed E-state index contributed by atoms with van der Waals surface area (Å²) in [6, 6.07) is 0. The predicted molar refractivity (Wildman–Crippen MR) is 164 cm³/mol. The standard InChI is InChI=1S/C34H68NO/c1-4-7-10-13-16-17-18-19-20-21-22-23-25-28-31-33(30-27-24-14-11-8-5-2)34(35-36)32-29-26-15-12-9-6-3/h35H,4-32H2,1-3H3/q-1. The first-order valence-electron chi connectivity index (χ1n) is 16.9. The second-order valence-electron chi connectivity index (χ2n) is 11.6. The SMILES string of the molecule is CCCCCCCCCCCCCCCCC(CCCCCCCC)=C(CCCCCCCC)N[O-]. The Labute approximate surface area is 228 Å². The van der Waals surface area contributed by atoms with Crippen molar-refractivity contribution >= 4 is 0 Å². The number of nitrogens with one attached hydrogen (secondary N) is 1. The molecule has 0 fully saturated rings. The number of allylic oxidation sites excluding steroid dienone is 2. The van der Waals surface area contributed by atoms with Crippen molar-refractivity contribution in [1.82, 2.24) is 5.48 Å². The predicted octanol–water partition coefficient (Wildman–Crippen LogP) is 12.7. The number of hydrogen-bond donors (Lipinski definition) is 1. The third-order valence-electron chi connectivity index (χ3n) is 7.99. The Kier molecular flexibility index (Phi) is 30.3. The zero-order valence-electron chi connectivity index (χ0n) is 25.4. The van der Waals surface area contributed by atoms with Gasteiger partial charge in [-0.3, -0.25) is 0 Å². The molecule has 0 saturated carbocycles. The highest BCUT2D eigenvalue weighted by Crippen LogP contribution is 2.24. The molecule has 0 radical (unpaired) electrons. The van der Waals surface area contributed by atoms with E-state index in [9.17, 15) is 5.21 Å². The van der Waals surface area contributed by atoms with Gasteiger partial charge in [0.2, 0.25) is 0 Å². The average Bonchev–Trinajstić information content (AvgIpc) is 2.89. The zero-order valence-corrected chi connectivity index (χ0v) is 25.4. The first-order chi connectivity index (χ1) is 17.8. The van der Waals surface area contributed by atoms with Crippen LogP contribution in [0.3, 0.4) is 0 Å². The van der Waals surface area contributed by atoms with Crippen LogP contribution in [0.1, 0.15) is 207 Å². The van der Waals surface area contributed by atoms with Crippen LogP contribution in [0, 0.1) is 5.21 Å². The largest absolute Gasteiger partial charge is 0.761 e. The summed E-state index contributed by atoms with van der Waals surface area (Å²) in [6.45, 7) is 6.85. The van der Waals surface area contributed by atoms with Gasteiger partial charge in [0.15, 0.2) is 0 Å². The number of unbranched alkanes of at least 4 members (excludes halogenated alkanes) is 23. The molecular formula is C34H68NO-. The Morgan fingerprint density at radius 1 is 0.361 bits per heavy atom. The molecule has 0 spiro atoms. The molecule has 0 heterocycles. The Hall–Kier alpha value is -0.500. The lowest BCUT2D eigenvalue weighted by atomic mass is 9.95. The van der Waals surface area contributed by atoms with Crippen molar-refractivity contribution in [3.05, 3.63) is 16.5 Å². The normalized spacial score (nSPS) is 12.2. The van der Waals surface area contributed by atoms with Crippen LogP contribution < -0.4 is 5.48 Å². The number of hydroxylamine groups is 1. The van der Waals surface area contributed by atoms with Crippen LogP contribution in [0.5, 0.6) is 0 Å². The molecule has 0 bridgehead atoms. The molecule has 0 rings (SSSR count). The third-order valence-corrected chi connectivity index (χ3v) is 7.99. The molecule has 0 aliphatic rings. The Morgan fingerprint density at radius 2 is 0.611 bits per heavy atom. The van der Waals surface area contributed by atoms with Gasteiger partial charge < -0.3 is 10.7 Å². The van der Waals surface area contributed by atoms with E-state index in [-0.39, 0.29) is 0 Å². The van der Waals surface area contributed by atoms with Gasteiger partial charge in [-0.15, -0.1) is 0 Å². The van der Waals surface area contributed by atoms with Gasteiger partial charge in [-0.1, -0.05) is 174 Å². The summed E-state index contributed by atoms with van der Waals surface area (Å²) in [5.74, 6) is 0. The van der Waals surface area contributed by atoms with Crippen molar-refractivity contribution in [3.8, 4) is 0 Å². The molecule has 0 unspecified atom stereocenters. The van der Waals surface area contributed by atoms with Crippen molar-refractivity contribution in [1.29, 1.82) is 0 Å². The summed E-state index contributed by atoms with van der Waals surface area (Å²) in [5, 5.41) is 11.9. The van der Waals surface area contributed by atoms with Crippen molar-refractivity contribution in [3.63, 3.8) is 0 Å². The first kappa shape index (κ1) is 35.5. The molecule has 216 valence electrons. The van der Waals surface area contributed by atoms with E-state index in [4.69, 9.17) is 0 Å². The van der Waals surface area contributed by atoms with Gasteiger partial charge in [0, 0.05) is 0 Å². The summed E-state index contributed by atoms with van der Waals surface area (Å²) >= 11 is 0. The van der Waals surface area contributed by atoms with Gasteiger partial charge in [0.1, 0.15) is 0 Å². The number of rotatable bonds is 30. The molecule has 2 heteroatoms. The summed E-state index contributed by atoms with van der Waals surface area (Å²) in [6.07, 6.45) is 38.7. The molecule has 1 N–H and O–H groups in total. The van der Waals surface area contributed by atoms with Crippen molar-refractivity contribution < 1.29 is 0 Å². The van der Waals surface area contributed by atoms with E-state index in [1.165, 1.54) is 173 Å². The molecule has 0 aromatic carbocycles. The lowest BCUT2D eigenvalue weighted by Gasteiger charge is -2.21. The van der Waals surface area contributed by atoms with Crippen molar-refractivity contribution in [2.24, 2.45) is 0 Å². The van der Waals surface area contributed by atoms with E-state index < -0.39 is 0 Å². The summed E-state index contributed by atoms with van der Waals surface area (Å²) in [5.41, 5.74) is 4.91. The third kappa shape index (κ3) is 25.2. The van der Waals surface area contributed by atoms with Gasteiger partial charge in [-0.25, -0.2) is 0 Å². The van der Waals surface area contributed by atoms with Crippen LogP contribution in [-0.4, -0.2) is 0 Å². The Balaban J connectivity index is 4.11. The lowest BCUT2D eigenvalue weighted by Crippen LogP contribution is -2.08. The van der Waals surface area contributed by atoms with Crippen molar-refractivity contribution in [2.75, 3.05) is 0 Å². The second kappa shape index (κ2) is 30.7. The molecule has 0 aromatic rings. The van der Waals surface area contributed by atoms with Crippen LogP contribution in [-0.2, 0) is 0 Å². The highest BCUT2D eigenvalue weighted by atomic mass is 16.5.